The molecule has 0 saturated carbocycles. The second kappa shape index (κ2) is 7.52. The van der Waals surface area contributed by atoms with Crippen LogP contribution < -0.4 is 11.2 Å². The van der Waals surface area contributed by atoms with Crippen LogP contribution in [-0.2, 0) is 4.79 Å². The Morgan fingerprint density at radius 1 is 1.23 bits per heavy atom. The van der Waals surface area contributed by atoms with Gasteiger partial charge in [-0.2, -0.15) is 0 Å². The van der Waals surface area contributed by atoms with Crippen molar-refractivity contribution in [2.24, 2.45) is 0 Å². The highest BCUT2D eigenvalue weighted by molar-refractivity contribution is 7.99. The molecule has 3 N–H and O–H groups in total. The highest BCUT2D eigenvalue weighted by Gasteiger charge is 2.15. The number of rotatable bonds is 5. The predicted octanol–water partition coefficient (Wildman–Crippen LogP) is 2.98. The number of thioether (sulfide) groups is 1. The number of nitrogens with two attached hydrogens (primary N) is 1. The van der Waals surface area contributed by atoms with Crippen LogP contribution in [0.5, 0.6) is 0 Å². The molecule has 134 valence electrons. The van der Waals surface area contributed by atoms with E-state index in [1.807, 2.05) is 31.2 Å². The minimum absolute atomic E-state index is 0.0556. The molecule has 0 spiro atoms. The second-order valence-corrected chi connectivity index (χ2v) is 6.45. The number of hydrogen-bond acceptors (Lipinski definition) is 5. The van der Waals surface area contributed by atoms with Crippen LogP contribution in [0.2, 0.25) is 0 Å². The molecule has 0 radical (unpaired) electrons. The number of anilines is 1. The first-order chi connectivity index (χ1) is 12.4. The first kappa shape index (κ1) is 17.9. The number of carbonyl (C=O) groups is 1. The molecule has 0 aliphatic heterocycles. The van der Waals surface area contributed by atoms with Crippen LogP contribution in [0.25, 0.3) is 11.4 Å². The van der Waals surface area contributed by atoms with Crippen molar-refractivity contribution in [3.63, 3.8) is 0 Å². The van der Waals surface area contributed by atoms with Gasteiger partial charge in [-0.15, -0.1) is 10.2 Å². The predicted molar refractivity (Wildman–Crippen MR) is 96.1 cm³/mol. The topological polar surface area (TPSA) is 85.8 Å². The van der Waals surface area contributed by atoms with Crippen LogP contribution in [0.4, 0.5) is 14.5 Å². The van der Waals surface area contributed by atoms with Gasteiger partial charge in [-0.1, -0.05) is 35.5 Å². The molecule has 0 saturated heterocycles. The third-order valence-electron chi connectivity index (χ3n) is 3.48. The molecule has 0 atom stereocenters. The summed E-state index contributed by atoms with van der Waals surface area (Å²) in [6, 6.07) is 10.6. The Morgan fingerprint density at radius 2 is 2.04 bits per heavy atom. The lowest BCUT2D eigenvalue weighted by Gasteiger charge is -2.06. The lowest BCUT2D eigenvalue weighted by molar-refractivity contribution is -0.113. The van der Waals surface area contributed by atoms with Gasteiger partial charge in [-0.05, 0) is 25.1 Å². The third-order valence-corrected chi connectivity index (χ3v) is 4.42. The molecule has 0 fully saturated rings. The zero-order chi connectivity index (χ0) is 18.7. The zero-order valence-electron chi connectivity index (χ0n) is 13.7. The van der Waals surface area contributed by atoms with E-state index in [1.54, 1.807) is 0 Å². The SMILES string of the molecule is Cc1cccc(-c2nnc(SCC(=O)Nc3ccc(F)cc3F)n2N)c1. The van der Waals surface area contributed by atoms with Crippen LogP contribution in [0, 0.1) is 18.6 Å². The molecule has 3 aromatic rings. The molecule has 2 aromatic carbocycles. The van der Waals surface area contributed by atoms with Crippen molar-refractivity contribution < 1.29 is 13.6 Å². The minimum Gasteiger partial charge on any atom is -0.335 e. The fraction of sp³-hybridized carbons (Fsp3) is 0.118. The number of aromatic nitrogens is 3. The van der Waals surface area contributed by atoms with Gasteiger partial charge >= 0.3 is 0 Å². The zero-order valence-corrected chi connectivity index (χ0v) is 14.6. The summed E-state index contributed by atoms with van der Waals surface area (Å²) >= 11 is 1.06. The van der Waals surface area contributed by atoms with Crippen molar-refractivity contribution in [2.45, 2.75) is 12.1 Å². The summed E-state index contributed by atoms with van der Waals surface area (Å²) in [5.41, 5.74) is 1.77. The van der Waals surface area contributed by atoms with Gasteiger partial charge < -0.3 is 11.2 Å². The summed E-state index contributed by atoms with van der Waals surface area (Å²) in [6.45, 7) is 1.95. The molecule has 9 heteroatoms. The maximum absolute atomic E-state index is 13.6. The molecule has 3 rings (SSSR count). The number of amides is 1. The minimum atomic E-state index is -0.841. The summed E-state index contributed by atoms with van der Waals surface area (Å²) < 4.78 is 27.7. The monoisotopic (exact) mass is 375 g/mol. The van der Waals surface area contributed by atoms with Gasteiger partial charge in [0.2, 0.25) is 11.1 Å². The molecule has 1 heterocycles. The largest absolute Gasteiger partial charge is 0.335 e. The fourth-order valence-electron chi connectivity index (χ4n) is 2.26. The summed E-state index contributed by atoms with van der Waals surface area (Å²) in [7, 11) is 0. The first-order valence-corrected chi connectivity index (χ1v) is 8.58. The van der Waals surface area contributed by atoms with Crippen molar-refractivity contribution >= 4 is 23.4 Å². The van der Waals surface area contributed by atoms with Gasteiger partial charge in [0.25, 0.3) is 0 Å². The second-order valence-electron chi connectivity index (χ2n) is 5.51. The Hall–Kier alpha value is -2.94. The molecule has 0 unspecified atom stereocenters. The van der Waals surface area contributed by atoms with Crippen LogP contribution >= 0.6 is 11.8 Å². The van der Waals surface area contributed by atoms with Gasteiger partial charge in [0.15, 0.2) is 5.82 Å². The highest BCUT2D eigenvalue weighted by Crippen LogP contribution is 2.22. The number of nitrogens with zero attached hydrogens (tertiary/aromatic N) is 3. The summed E-state index contributed by atoms with van der Waals surface area (Å²) in [5, 5.41) is 10.7. The molecule has 0 bridgehead atoms. The number of aryl methyl sites for hydroxylation is 1. The van der Waals surface area contributed by atoms with E-state index in [2.05, 4.69) is 15.5 Å². The number of nitrogens with one attached hydrogen (secondary N) is 1. The van der Waals surface area contributed by atoms with Crippen LogP contribution in [0.1, 0.15) is 5.56 Å². The Labute approximate surface area is 152 Å². The number of carbonyl (C=O) groups excluding carboxylic acids is 1. The van der Waals surface area contributed by atoms with Crippen LogP contribution in [0.15, 0.2) is 47.6 Å². The molecular weight excluding hydrogens is 360 g/mol. The number of nitrogen functional groups attached to an aromatic ring is 1. The average Bonchev–Trinajstić information content (AvgIpc) is 2.96. The van der Waals surface area contributed by atoms with Crippen LogP contribution in [-0.4, -0.2) is 26.5 Å². The summed E-state index contributed by atoms with van der Waals surface area (Å²) in [6.07, 6.45) is 0. The van der Waals surface area contributed by atoms with E-state index in [0.29, 0.717) is 17.0 Å². The Bertz CT molecular complexity index is 960. The molecule has 1 aromatic heterocycles. The quantitative estimate of drug-likeness (QED) is 0.529. The maximum atomic E-state index is 13.6. The van der Waals surface area contributed by atoms with Crippen molar-refractivity contribution in [3.8, 4) is 11.4 Å². The average molecular weight is 375 g/mol. The molecule has 6 nitrogen and oxygen atoms in total. The van der Waals surface area contributed by atoms with E-state index in [1.165, 1.54) is 4.68 Å². The Morgan fingerprint density at radius 3 is 2.77 bits per heavy atom. The number of hydrogen-bond donors (Lipinski definition) is 2. The Kier molecular flexibility index (Phi) is 5.17. The summed E-state index contributed by atoms with van der Waals surface area (Å²) in [4.78, 5) is 12.0. The number of halogens is 2. The van der Waals surface area contributed by atoms with E-state index in [9.17, 15) is 13.6 Å². The first-order valence-electron chi connectivity index (χ1n) is 7.59. The molecule has 0 aliphatic rings. The molecule has 0 aliphatic carbocycles. The number of benzene rings is 2. The molecule has 26 heavy (non-hydrogen) atoms. The normalized spacial score (nSPS) is 10.7. The van der Waals surface area contributed by atoms with Gasteiger partial charge in [-0.3, -0.25) is 4.79 Å². The Balaban J connectivity index is 1.66. The smallest absolute Gasteiger partial charge is 0.234 e. The molecular formula is C17H15F2N5OS. The van der Waals surface area contributed by atoms with Crippen molar-refractivity contribution in [1.82, 2.24) is 14.9 Å². The summed E-state index contributed by atoms with van der Waals surface area (Å²) in [5.74, 6) is 4.39. The fourth-order valence-corrected chi connectivity index (χ4v) is 2.92. The third kappa shape index (κ3) is 3.99. The lowest BCUT2D eigenvalue weighted by Crippen LogP contribution is -2.17. The van der Waals surface area contributed by atoms with Crippen molar-refractivity contribution in [2.75, 3.05) is 16.9 Å². The van der Waals surface area contributed by atoms with Crippen molar-refractivity contribution in [3.05, 3.63) is 59.7 Å². The van der Waals surface area contributed by atoms with E-state index in [4.69, 9.17) is 5.84 Å². The van der Waals surface area contributed by atoms with E-state index in [0.717, 1.165) is 35.0 Å². The van der Waals surface area contributed by atoms with Gasteiger partial charge in [0.05, 0.1) is 11.4 Å². The van der Waals surface area contributed by atoms with Gasteiger partial charge in [0.1, 0.15) is 11.6 Å². The van der Waals surface area contributed by atoms with E-state index < -0.39 is 17.5 Å². The maximum Gasteiger partial charge on any atom is 0.234 e. The van der Waals surface area contributed by atoms with E-state index >= 15 is 0 Å². The van der Waals surface area contributed by atoms with Gasteiger partial charge in [0, 0.05) is 11.6 Å². The van der Waals surface area contributed by atoms with Crippen LogP contribution in [0.3, 0.4) is 0 Å². The lowest BCUT2D eigenvalue weighted by atomic mass is 10.1. The van der Waals surface area contributed by atoms with E-state index in [-0.39, 0.29) is 11.4 Å². The highest BCUT2D eigenvalue weighted by atomic mass is 32.2. The molecule has 1 amide bonds. The standard InChI is InChI=1S/C17H15F2N5OS/c1-10-3-2-4-11(7-10)16-22-23-17(24(16)20)26-9-15(25)21-14-6-5-12(18)8-13(14)19/h2-8H,9,20H2,1H3,(H,21,25). The van der Waals surface area contributed by atoms with Gasteiger partial charge in [-0.25, -0.2) is 13.5 Å². The van der Waals surface area contributed by atoms with Crippen molar-refractivity contribution in [1.29, 1.82) is 0 Å².